The quantitative estimate of drug-likeness (QED) is 0.598. The van der Waals surface area contributed by atoms with Crippen LogP contribution in [0.1, 0.15) is 52.9 Å². The first kappa shape index (κ1) is 11.0. The molecule has 0 heterocycles. The van der Waals surface area contributed by atoms with Crippen molar-refractivity contribution in [1.29, 1.82) is 0 Å². The third-order valence-corrected chi connectivity index (χ3v) is 1.95. The smallest absolute Gasteiger partial charge is 0.0575 e. The van der Waals surface area contributed by atoms with Crippen molar-refractivity contribution >= 4 is 0 Å². The van der Waals surface area contributed by atoms with E-state index in [1.807, 2.05) is 13.8 Å². The van der Waals surface area contributed by atoms with E-state index in [0.29, 0.717) is 6.10 Å². The van der Waals surface area contributed by atoms with Crippen LogP contribution in [-0.2, 0) is 4.74 Å². The molecule has 0 spiro atoms. The summed E-state index contributed by atoms with van der Waals surface area (Å²) in [4.78, 5) is 0. The molecule has 0 unspecified atom stereocenters. The van der Waals surface area contributed by atoms with Gasteiger partial charge in [-0.3, -0.25) is 0 Å². The predicted octanol–water partition coefficient (Wildman–Crippen LogP) is 3.38. The molecule has 1 aliphatic carbocycles. The molecule has 68 valence electrons. The van der Waals surface area contributed by atoms with Crippen molar-refractivity contribution in [2.45, 2.75) is 59.0 Å². The molecular weight excluding hydrogens is 136 g/mol. The molecule has 0 atom stereocenters. The summed E-state index contributed by atoms with van der Waals surface area (Å²) in [6.45, 7) is 6.97. The summed E-state index contributed by atoms with van der Waals surface area (Å²) >= 11 is 0. The highest BCUT2D eigenvalue weighted by Gasteiger charge is 2.11. The molecule has 0 radical (unpaired) electrons. The van der Waals surface area contributed by atoms with Gasteiger partial charge in [0.25, 0.3) is 0 Å². The average molecular weight is 158 g/mol. The van der Waals surface area contributed by atoms with Gasteiger partial charge in [0.05, 0.1) is 6.10 Å². The highest BCUT2D eigenvalue weighted by molar-refractivity contribution is 4.64. The van der Waals surface area contributed by atoms with E-state index in [-0.39, 0.29) is 0 Å². The van der Waals surface area contributed by atoms with Crippen LogP contribution in [0.4, 0.5) is 0 Å². The molecule has 0 bridgehead atoms. The van der Waals surface area contributed by atoms with Crippen LogP contribution in [0.3, 0.4) is 0 Å². The molecule has 0 aromatic carbocycles. The van der Waals surface area contributed by atoms with Gasteiger partial charge in [-0.2, -0.15) is 0 Å². The number of rotatable bonds is 2. The Morgan fingerprint density at radius 2 is 1.64 bits per heavy atom. The Kier molecular flexibility index (Phi) is 8.03. The molecule has 0 amide bonds. The van der Waals surface area contributed by atoms with Gasteiger partial charge in [-0.05, 0) is 19.8 Å². The van der Waals surface area contributed by atoms with Crippen LogP contribution in [0.25, 0.3) is 0 Å². The standard InChI is InChI=1S/C8H16O.C2H6/c1-2-9-8-6-4-3-5-7-8;1-2/h8H,2-7H2,1H3;1-2H3. The van der Waals surface area contributed by atoms with Gasteiger partial charge in [0.15, 0.2) is 0 Å². The Balaban J connectivity index is 0.000000461. The zero-order chi connectivity index (χ0) is 8.53. The minimum atomic E-state index is 0.601. The fraction of sp³-hybridized carbons (Fsp3) is 1.00. The molecular formula is C10H22O. The van der Waals surface area contributed by atoms with Crippen LogP contribution in [0.15, 0.2) is 0 Å². The molecule has 1 aliphatic rings. The molecule has 1 rings (SSSR count). The third-order valence-electron chi connectivity index (χ3n) is 1.95. The normalized spacial score (nSPS) is 18.8. The minimum Gasteiger partial charge on any atom is -0.379 e. The molecule has 1 heteroatoms. The van der Waals surface area contributed by atoms with Crippen molar-refractivity contribution in [2.75, 3.05) is 6.61 Å². The highest BCUT2D eigenvalue weighted by atomic mass is 16.5. The number of hydrogen-bond acceptors (Lipinski definition) is 1. The third kappa shape index (κ3) is 5.25. The molecule has 0 aliphatic heterocycles. The number of ether oxygens (including phenoxy) is 1. The van der Waals surface area contributed by atoms with Crippen LogP contribution in [-0.4, -0.2) is 12.7 Å². The second-order valence-corrected chi connectivity index (χ2v) is 2.72. The predicted molar refractivity (Wildman–Crippen MR) is 49.8 cm³/mol. The Hall–Kier alpha value is -0.0400. The summed E-state index contributed by atoms with van der Waals surface area (Å²) in [5, 5.41) is 0. The molecule has 0 aromatic heterocycles. The summed E-state index contributed by atoms with van der Waals surface area (Å²) in [7, 11) is 0. The fourth-order valence-corrected chi connectivity index (χ4v) is 1.47. The number of hydrogen-bond donors (Lipinski definition) is 0. The lowest BCUT2D eigenvalue weighted by Crippen LogP contribution is -2.15. The fourth-order valence-electron chi connectivity index (χ4n) is 1.47. The summed E-state index contributed by atoms with van der Waals surface area (Å²) in [5.74, 6) is 0. The second-order valence-electron chi connectivity index (χ2n) is 2.72. The van der Waals surface area contributed by atoms with E-state index in [2.05, 4.69) is 6.92 Å². The van der Waals surface area contributed by atoms with Gasteiger partial charge < -0.3 is 4.74 Å². The van der Waals surface area contributed by atoms with Gasteiger partial charge in [-0.15, -0.1) is 0 Å². The minimum absolute atomic E-state index is 0.601. The van der Waals surface area contributed by atoms with Gasteiger partial charge >= 0.3 is 0 Å². The first-order valence-electron chi connectivity index (χ1n) is 5.05. The topological polar surface area (TPSA) is 9.23 Å². The second kappa shape index (κ2) is 8.06. The van der Waals surface area contributed by atoms with Crippen molar-refractivity contribution in [2.24, 2.45) is 0 Å². The molecule has 1 saturated carbocycles. The zero-order valence-corrected chi connectivity index (χ0v) is 8.23. The maximum absolute atomic E-state index is 5.48. The first-order chi connectivity index (χ1) is 5.43. The van der Waals surface area contributed by atoms with Gasteiger partial charge in [-0.25, -0.2) is 0 Å². The lowest BCUT2D eigenvalue weighted by atomic mass is 9.98. The van der Waals surface area contributed by atoms with Crippen LogP contribution >= 0.6 is 0 Å². The van der Waals surface area contributed by atoms with E-state index in [1.54, 1.807) is 0 Å². The van der Waals surface area contributed by atoms with Crippen molar-refractivity contribution < 1.29 is 4.74 Å². The van der Waals surface area contributed by atoms with Crippen LogP contribution in [0, 0.1) is 0 Å². The lowest BCUT2D eigenvalue weighted by molar-refractivity contribution is 0.0368. The SMILES string of the molecule is CC.CCOC1CCCCC1. The Bertz CT molecular complexity index is 62.5. The van der Waals surface area contributed by atoms with Crippen LogP contribution in [0.2, 0.25) is 0 Å². The Morgan fingerprint density at radius 3 is 2.09 bits per heavy atom. The molecule has 0 aromatic rings. The van der Waals surface area contributed by atoms with E-state index in [1.165, 1.54) is 32.1 Å². The maximum Gasteiger partial charge on any atom is 0.0575 e. The highest BCUT2D eigenvalue weighted by Crippen LogP contribution is 2.19. The van der Waals surface area contributed by atoms with Gasteiger partial charge in [0.1, 0.15) is 0 Å². The van der Waals surface area contributed by atoms with Gasteiger partial charge in [-0.1, -0.05) is 33.1 Å². The van der Waals surface area contributed by atoms with Gasteiger partial charge in [0, 0.05) is 6.61 Å². The molecule has 0 N–H and O–H groups in total. The van der Waals surface area contributed by atoms with Crippen molar-refractivity contribution in [3.63, 3.8) is 0 Å². The zero-order valence-electron chi connectivity index (χ0n) is 8.23. The van der Waals surface area contributed by atoms with Gasteiger partial charge in [0.2, 0.25) is 0 Å². The van der Waals surface area contributed by atoms with Crippen molar-refractivity contribution in [1.82, 2.24) is 0 Å². The average Bonchev–Trinajstić information content (AvgIpc) is 2.11. The van der Waals surface area contributed by atoms with E-state index in [4.69, 9.17) is 4.74 Å². The lowest BCUT2D eigenvalue weighted by Gasteiger charge is -2.20. The van der Waals surface area contributed by atoms with E-state index >= 15 is 0 Å². The van der Waals surface area contributed by atoms with Crippen LogP contribution in [0.5, 0.6) is 0 Å². The maximum atomic E-state index is 5.48. The largest absolute Gasteiger partial charge is 0.379 e. The van der Waals surface area contributed by atoms with E-state index < -0.39 is 0 Å². The van der Waals surface area contributed by atoms with E-state index in [0.717, 1.165) is 6.61 Å². The Morgan fingerprint density at radius 1 is 1.09 bits per heavy atom. The molecule has 11 heavy (non-hydrogen) atoms. The summed E-state index contributed by atoms with van der Waals surface area (Å²) < 4.78 is 5.48. The van der Waals surface area contributed by atoms with Crippen molar-refractivity contribution in [3.8, 4) is 0 Å². The Labute approximate surface area is 71.1 Å². The summed E-state index contributed by atoms with van der Waals surface area (Å²) in [6, 6.07) is 0. The van der Waals surface area contributed by atoms with Crippen molar-refractivity contribution in [3.05, 3.63) is 0 Å². The monoisotopic (exact) mass is 158 g/mol. The van der Waals surface area contributed by atoms with Crippen LogP contribution < -0.4 is 0 Å². The molecule has 1 nitrogen and oxygen atoms in total. The summed E-state index contributed by atoms with van der Waals surface area (Å²) in [6.07, 6.45) is 7.38. The summed E-state index contributed by atoms with van der Waals surface area (Å²) in [5.41, 5.74) is 0. The first-order valence-corrected chi connectivity index (χ1v) is 5.05. The van der Waals surface area contributed by atoms with E-state index in [9.17, 15) is 0 Å². The molecule has 1 fully saturated rings. The molecule has 0 saturated heterocycles.